The van der Waals surface area contributed by atoms with E-state index < -0.39 is 12.2 Å². The van der Waals surface area contributed by atoms with Crippen molar-refractivity contribution in [3.8, 4) is 11.8 Å². The molecule has 2 heterocycles. The second kappa shape index (κ2) is 7.16. The van der Waals surface area contributed by atoms with Crippen LogP contribution in [0.15, 0.2) is 30.3 Å². The molecule has 2 unspecified atom stereocenters. The van der Waals surface area contributed by atoms with Crippen molar-refractivity contribution in [1.82, 2.24) is 15.1 Å². The average molecular weight is 372 g/mol. The van der Waals surface area contributed by atoms with E-state index in [-0.39, 0.29) is 37.6 Å². The molecular formula is C19H21FN4O3. The van der Waals surface area contributed by atoms with Crippen LogP contribution in [-0.2, 0) is 4.79 Å². The van der Waals surface area contributed by atoms with Crippen molar-refractivity contribution in [2.75, 3.05) is 26.2 Å². The Kier molecular flexibility index (Phi) is 4.70. The van der Waals surface area contributed by atoms with Crippen LogP contribution in [0.2, 0.25) is 0 Å². The lowest BCUT2D eigenvalue weighted by Crippen LogP contribution is -2.43. The second-order valence-corrected chi connectivity index (χ2v) is 7.34. The molecule has 7 nitrogen and oxygen atoms in total. The maximum Gasteiger partial charge on any atom is 0.415 e. The second-order valence-electron chi connectivity index (χ2n) is 7.34. The third kappa shape index (κ3) is 3.60. The van der Waals surface area contributed by atoms with Crippen LogP contribution in [0.1, 0.15) is 6.42 Å². The highest BCUT2D eigenvalue weighted by Crippen LogP contribution is 2.45. The highest BCUT2D eigenvalue weighted by Gasteiger charge is 2.57. The minimum atomic E-state index is -1.12. The molecule has 0 spiro atoms. The molecule has 1 aromatic carbocycles. The number of hydrogen-bond donors (Lipinski definition) is 1. The molecule has 0 aromatic heterocycles. The van der Waals surface area contributed by atoms with Gasteiger partial charge >= 0.3 is 6.09 Å². The van der Waals surface area contributed by atoms with Crippen molar-refractivity contribution in [3.05, 3.63) is 30.3 Å². The number of fused-ring (bicyclic) bond motifs is 1. The van der Waals surface area contributed by atoms with Crippen LogP contribution in [-0.4, -0.2) is 66.2 Å². The van der Waals surface area contributed by atoms with Gasteiger partial charge in [0.15, 0.2) is 0 Å². The number of likely N-dealkylation sites (tertiary alicyclic amines) is 2. The van der Waals surface area contributed by atoms with Crippen LogP contribution in [0.3, 0.4) is 0 Å². The molecule has 1 aromatic rings. The number of ether oxygens (including phenoxy) is 1. The number of halogens is 1. The number of hydrogen-bond acceptors (Lipinski definition) is 5. The predicted octanol–water partition coefficient (Wildman–Crippen LogP) is 1.17. The van der Waals surface area contributed by atoms with Gasteiger partial charge in [-0.05, 0) is 24.0 Å². The number of nitriles is 1. The van der Waals surface area contributed by atoms with Crippen LogP contribution < -0.4 is 10.1 Å². The summed E-state index contributed by atoms with van der Waals surface area (Å²) in [5.74, 6) is 0.889. The lowest BCUT2D eigenvalue weighted by Gasteiger charge is -2.21. The summed E-state index contributed by atoms with van der Waals surface area (Å²) in [4.78, 5) is 27.4. The van der Waals surface area contributed by atoms with Gasteiger partial charge in [0, 0.05) is 25.6 Å². The molecule has 1 saturated carbocycles. The molecule has 4 rings (SSSR count). The van der Waals surface area contributed by atoms with Crippen LogP contribution >= 0.6 is 0 Å². The SMILES string of the molecule is N#C[C@@H]1C[C@H](F)CN1C(=O)CNC1C2CN(C(=O)Oc3ccccc3)CC21. The first kappa shape index (κ1) is 17.7. The minimum Gasteiger partial charge on any atom is -0.410 e. The topological polar surface area (TPSA) is 85.7 Å². The molecule has 8 heteroatoms. The molecule has 4 atom stereocenters. The van der Waals surface area contributed by atoms with Crippen LogP contribution in [0.5, 0.6) is 5.75 Å². The first-order valence-electron chi connectivity index (χ1n) is 9.15. The van der Waals surface area contributed by atoms with Crippen molar-refractivity contribution in [2.24, 2.45) is 11.8 Å². The van der Waals surface area contributed by atoms with E-state index in [2.05, 4.69) is 5.32 Å². The highest BCUT2D eigenvalue weighted by molar-refractivity contribution is 5.79. The number of carbonyl (C=O) groups excluding carboxylic acids is 2. The summed E-state index contributed by atoms with van der Waals surface area (Å²) < 4.78 is 18.8. The van der Waals surface area contributed by atoms with E-state index in [0.29, 0.717) is 30.7 Å². The fourth-order valence-corrected chi connectivity index (χ4v) is 4.12. The first-order valence-corrected chi connectivity index (χ1v) is 9.15. The monoisotopic (exact) mass is 372 g/mol. The summed E-state index contributed by atoms with van der Waals surface area (Å²) in [6, 6.07) is 10.4. The Morgan fingerprint density at radius 2 is 1.93 bits per heavy atom. The molecule has 2 aliphatic heterocycles. The van der Waals surface area contributed by atoms with E-state index in [1.54, 1.807) is 17.0 Å². The molecule has 1 N–H and O–H groups in total. The van der Waals surface area contributed by atoms with Crippen molar-refractivity contribution < 1.29 is 18.7 Å². The van der Waals surface area contributed by atoms with Crippen LogP contribution in [0.25, 0.3) is 0 Å². The molecule has 3 aliphatic rings. The van der Waals surface area contributed by atoms with Gasteiger partial charge in [-0.2, -0.15) is 5.26 Å². The number of nitrogens with one attached hydrogen (secondary N) is 1. The van der Waals surface area contributed by atoms with Gasteiger partial charge in [0.2, 0.25) is 5.91 Å². The highest BCUT2D eigenvalue weighted by atomic mass is 19.1. The number of benzene rings is 1. The van der Waals surface area contributed by atoms with E-state index in [1.165, 1.54) is 4.90 Å². The molecular weight excluding hydrogens is 351 g/mol. The van der Waals surface area contributed by atoms with E-state index in [4.69, 9.17) is 10.00 Å². The zero-order chi connectivity index (χ0) is 19.0. The average Bonchev–Trinajstić information content (AvgIpc) is 3.00. The Morgan fingerprint density at radius 3 is 2.59 bits per heavy atom. The molecule has 27 heavy (non-hydrogen) atoms. The quantitative estimate of drug-likeness (QED) is 0.858. The fourth-order valence-electron chi connectivity index (χ4n) is 4.12. The van der Waals surface area contributed by atoms with E-state index in [9.17, 15) is 14.0 Å². The van der Waals surface area contributed by atoms with Gasteiger partial charge in [-0.1, -0.05) is 18.2 Å². The Morgan fingerprint density at radius 1 is 1.22 bits per heavy atom. The Bertz CT molecular complexity index is 756. The molecule has 1 aliphatic carbocycles. The van der Waals surface area contributed by atoms with Crippen molar-refractivity contribution in [1.29, 1.82) is 5.26 Å². The number of nitrogens with zero attached hydrogens (tertiary/aromatic N) is 3. The number of alkyl halides is 1. The van der Waals surface area contributed by atoms with Gasteiger partial charge in [0.25, 0.3) is 0 Å². The Labute approximate surface area is 156 Å². The number of para-hydroxylation sites is 1. The summed E-state index contributed by atoms with van der Waals surface area (Å²) in [6.07, 6.45) is -1.38. The van der Waals surface area contributed by atoms with E-state index in [1.807, 2.05) is 24.3 Å². The van der Waals surface area contributed by atoms with Crippen LogP contribution in [0, 0.1) is 23.2 Å². The van der Waals surface area contributed by atoms with Gasteiger partial charge in [0.05, 0.1) is 19.2 Å². The third-order valence-electron chi connectivity index (χ3n) is 5.61. The fraction of sp³-hybridized carbons (Fsp3) is 0.526. The largest absolute Gasteiger partial charge is 0.415 e. The number of carbonyl (C=O) groups is 2. The smallest absolute Gasteiger partial charge is 0.410 e. The maximum atomic E-state index is 13.4. The zero-order valence-corrected chi connectivity index (χ0v) is 14.8. The predicted molar refractivity (Wildman–Crippen MR) is 93.4 cm³/mol. The normalized spacial score (nSPS) is 31.3. The Hall–Kier alpha value is -2.66. The van der Waals surface area contributed by atoms with Gasteiger partial charge in [-0.15, -0.1) is 0 Å². The van der Waals surface area contributed by atoms with E-state index >= 15 is 0 Å². The Balaban J connectivity index is 1.21. The number of amides is 2. The number of rotatable bonds is 4. The molecule has 2 saturated heterocycles. The summed E-state index contributed by atoms with van der Waals surface area (Å²) in [6.45, 7) is 1.28. The van der Waals surface area contributed by atoms with Crippen molar-refractivity contribution in [2.45, 2.75) is 24.7 Å². The molecule has 142 valence electrons. The lowest BCUT2D eigenvalue weighted by atomic mass is 10.2. The van der Waals surface area contributed by atoms with E-state index in [0.717, 1.165) is 0 Å². The van der Waals surface area contributed by atoms with Crippen LogP contribution in [0.4, 0.5) is 9.18 Å². The summed E-state index contributed by atoms with van der Waals surface area (Å²) in [5, 5.41) is 12.2. The zero-order valence-electron chi connectivity index (χ0n) is 14.8. The summed E-state index contributed by atoms with van der Waals surface area (Å²) in [5.41, 5.74) is 0. The van der Waals surface area contributed by atoms with Gasteiger partial charge in [-0.25, -0.2) is 9.18 Å². The minimum absolute atomic E-state index is 0.00460. The first-order chi connectivity index (χ1) is 13.1. The molecule has 0 radical (unpaired) electrons. The van der Waals surface area contributed by atoms with Crippen molar-refractivity contribution in [3.63, 3.8) is 0 Å². The van der Waals surface area contributed by atoms with Gasteiger partial charge in [-0.3, -0.25) is 4.79 Å². The molecule has 3 fully saturated rings. The summed E-state index contributed by atoms with van der Waals surface area (Å²) >= 11 is 0. The number of piperidine rings is 1. The molecule has 2 amide bonds. The standard InChI is InChI=1S/C19H21FN4O3/c20-12-6-13(7-21)24(9-12)17(25)8-22-18-15-10-23(11-16(15)18)19(26)27-14-4-2-1-3-5-14/h1-5,12-13,15-16,18,22H,6,8-11H2/t12-,13-,15?,16?,18?/m0/s1. The summed E-state index contributed by atoms with van der Waals surface area (Å²) in [7, 11) is 0. The van der Waals surface area contributed by atoms with Crippen molar-refractivity contribution >= 4 is 12.0 Å². The molecule has 0 bridgehead atoms. The maximum absolute atomic E-state index is 13.4. The third-order valence-corrected chi connectivity index (χ3v) is 5.61. The van der Waals surface area contributed by atoms with Gasteiger partial charge < -0.3 is 19.9 Å². The lowest BCUT2D eigenvalue weighted by molar-refractivity contribution is -0.130. The van der Waals surface area contributed by atoms with Gasteiger partial charge in [0.1, 0.15) is 18.0 Å².